The van der Waals surface area contributed by atoms with Crippen LogP contribution >= 0.6 is 0 Å². The molecule has 0 saturated carbocycles. The summed E-state index contributed by atoms with van der Waals surface area (Å²) in [6.07, 6.45) is 0.462. The first kappa shape index (κ1) is 9.58. The van der Waals surface area contributed by atoms with E-state index >= 15 is 0 Å². The summed E-state index contributed by atoms with van der Waals surface area (Å²) in [6.45, 7) is -10.5. The highest BCUT2D eigenvalue weighted by Gasteiger charge is 2.28. The number of non-ortho nitro benzene ring substituents is 1. The maximum absolute atomic E-state index is 11.0. The SMILES string of the molecule is [2H]C1([2H])N(C)C([2H])([2H])C([2H])([2H])N(C2CCN(c3ccc([N+](=O)[O-])cc3OC)CC2)C1([2H])[2H]. The minimum atomic E-state index is -2.80. The molecule has 3 rings (SSSR count). The molecule has 2 fully saturated rings. The van der Waals surface area contributed by atoms with Gasteiger partial charge in [-0.15, -0.1) is 0 Å². The molecule has 7 heteroatoms. The Kier molecular flexibility index (Phi) is 2.94. The Morgan fingerprint density at radius 1 is 1.25 bits per heavy atom. The molecule has 2 aliphatic heterocycles. The number of anilines is 1. The highest BCUT2D eigenvalue weighted by atomic mass is 16.6. The van der Waals surface area contributed by atoms with Crippen LogP contribution in [0.25, 0.3) is 0 Å². The molecule has 2 heterocycles. The van der Waals surface area contributed by atoms with E-state index in [1.165, 1.54) is 19.2 Å². The maximum atomic E-state index is 11.0. The minimum absolute atomic E-state index is 0.122. The van der Waals surface area contributed by atoms with Gasteiger partial charge in [0.25, 0.3) is 5.69 Å². The Labute approximate surface area is 154 Å². The highest BCUT2D eigenvalue weighted by Crippen LogP contribution is 2.34. The fraction of sp³-hybridized carbons (Fsp3) is 0.647. The van der Waals surface area contributed by atoms with Gasteiger partial charge in [0, 0.05) is 62.2 Å². The van der Waals surface area contributed by atoms with E-state index in [4.69, 9.17) is 15.7 Å². The van der Waals surface area contributed by atoms with Crippen LogP contribution in [-0.2, 0) is 0 Å². The molecule has 2 aliphatic rings. The van der Waals surface area contributed by atoms with Crippen LogP contribution in [0.1, 0.15) is 23.8 Å². The third-order valence-electron chi connectivity index (χ3n) is 4.22. The van der Waals surface area contributed by atoms with Crippen LogP contribution in [0.4, 0.5) is 11.4 Å². The molecule has 132 valence electrons. The summed E-state index contributed by atoms with van der Waals surface area (Å²) in [5, 5.41) is 11.0. The Morgan fingerprint density at radius 2 is 1.92 bits per heavy atom. The van der Waals surface area contributed by atoms with Crippen LogP contribution in [0, 0.1) is 10.1 Å². The number of nitrogens with zero attached hydrogens (tertiary/aromatic N) is 4. The van der Waals surface area contributed by atoms with Crippen LogP contribution in [-0.4, -0.2) is 74.0 Å². The summed E-state index contributed by atoms with van der Waals surface area (Å²) in [7, 11) is 2.43. The number of hydrogen-bond acceptors (Lipinski definition) is 6. The highest BCUT2D eigenvalue weighted by molar-refractivity contribution is 5.62. The first-order valence-electron chi connectivity index (χ1n) is 11.7. The summed E-state index contributed by atoms with van der Waals surface area (Å²) in [5.41, 5.74) is 0.482. The lowest BCUT2D eigenvalue weighted by Crippen LogP contribution is -2.52. The third kappa shape index (κ3) is 3.62. The summed E-state index contributed by atoms with van der Waals surface area (Å²) >= 11 is 0. The molecule has 0 spiro atoms. The maximum Gasteiger partial charge on any atom is 0.273 e. The molecule has 1 aromatic rings. The van der Waals surface area contributed by atoms with E-state index < -0.39 is 37.0 Å². The average molecular weight is 342 g/mol. The van der Waals surface area contributed by atoms with Crippen LogP contribution in [0.5, 0.6) is 5.75 Å². The van der Waals surface area contributed by atoms with E-state index in [1.54, 1.807) is 6.07 Å². The monoisotopic (exact) mass is 342 g/mol. The molecule has 1 aromatic carbocycles. The molecule has 24 heavy (non-hydrogen) atoms. The first-order valence-corrected chi connectivity index (χ1v) is 7.71. The first-order chi connectivity index (χ1) is 14.6. The fourth-order valence-corrected chi connectivity index (χ4v) is 2.90. The van der Waals surface area contributed by atoms with Crippen molar-refractivity contribution in [1.82, 2.24) is 9.80 Å². The van der Waals surface area contributed by atoms with Crippen molar-refractivity contribution in [2.24, 2.45) is 0 Å². The second-order valence-corrected chi connectivity index (χ2v) is 5.71. The second kappa shape index (κ2) is 7.36. The van der Waals surface area contributed by atoms with Crippen LogP contribution in [0.2, 0.25) is 0 Å². The van der Waals surface area contributed by atoms with E-state index in [0.29, 0.717) is 34.3 Å². The number of benzene rings is 1. The number of piperazine rings is 1. The molecule has 0 aliphatic carbocycles. The van der Waals surface area contributed by atoms with Crippen molar-refractivity contribution in [2.75, 3.05) is 58.1 Å². The molecular weight excluding hydrogens is 308 g/mol. The quantitative estimate of drug-likeness (QED) is 0.614. The van der Waals surface area contributed by atoms with Crippen molar-refractivity contribution in [3.8, 4) is 5.75 Å². The fourth-order valence-electron chi connectivity index (χ4n) is 2.90. The zero-order chi connectivity index (χ0) is 24.3. The number of nitro benzene ring substituents is 1. The topological polar surface area (TPSA) is 62.1 Å². The lowest BCUT2D eigenvalue weighted by Gasteiger charge is -2.42. The number of rotatable bonds is 4. The van der Waals surface area contributed by atoms with Gasteiger partial charge in [0.15, 0.2) is 0 Å². The third-order valence-corrected chi connectivity index (χ3v) is 4.22. The van der Waals surface area contributed by atoms with Gasteiger partial charge in [-0.05, 0) is 26.0 Å². The van der Waals surface area contributed by atoms with Crippen LogP contribution in [0.3, 0.4) is 0 Å². The summed E-state index contributed by atoms with van der Waals surface area (Å²) in [5.74, 6) is 0.301. The number of methoxy groups -OCH3 is 1. The predicted octanol–water partition coefficient (Wildman–Crippen LogP) is 1.82. The number of piperidine rings is 1. The second-order valence-electron chi connectivity index (χ2n) is 5.71. The van der Waals surface area contributed by atoms with Crippen molar-refractivity contribution in [1.29, 1.82) is 0 Å². The molecule has 0 unspecified atom stereocenters. The predicted molar refractivity (Wildman–Crippen MR) is 94.0 cm³/mol. The summed E-state index contributed by atoms with van der Waals surface area (Å²) in [4.78, 5) is 13.6. The standard InChI is InChI=1S/C17H26N4O3/c1-18-9-11-19(12-10-18)14-5-7-20(8-6-14)16-4-3-15(21(22)23)13-17(16)24-2/h3-4,13-14H,5-12H2,1-2H3/i9D2,10D2,11D2,12D2. The van der Waals surface area contributed by atoms with Gasteiger partial charge >= 0.3 is 0 Å². The van der Waals surface area contributed by atoms with Gasteiger partial charge < -0.3 is 14.5 Å². The number of hydrogen-bond donors (Lipinski definition) is 0. The van der Waals surface area contributed by atoms with Gasteiger partial charge in [0.2, 0.25) is 0 Å². The molecule has 0 bridgehead atoms. The Bertz CT molecular complexity index is 865. The van der Waals surface area contributed by atoms with E-state index in [-0.39, 0.29) is 18.5 Å². The number of nitro groups is 1. The molecule has 0 aromatic heterocycles. The summed E-state index contributed by atoms with van der Waals surface area (Å²) in [6, 6.07) is 3.45. The van der Waals surface area contributed by atoms with Crippen molar-refractivity contribution >= 4 is 11.4 Å². The van der Waals surface area contributed by atoms with Gasteiger partial charge in [-0.1, -0.05) is 0 Å². The minimum Gasteiger partial charge on any atom is -0.494 e. The van der Waals surface area contributed by atoms with Crippen molar-refractivity contribution in [3.05, 3.63) is 28.3 Å². The van der Waals surface area contributed by atoms with E-state index in [9.17, 15) is 10.1 Å². The van der Waals surface area contributed by atoms with Crippen LogP contribution < -0.4 is 9.64 Å². The molecule has 0 amide bonds. The van der Waals surface area contributed by atoms with Gasteiger partial charge in [-0.25, -0.2) is 0 Å². The van der Waals surface area contributed by atoms with E-state index in [1.807, 2.05) is 4.90 Å². The zero-order valence-corrected chi connectivity index (χ0v) is 13.7. The molecule has 2 saturated heterocycles. The Balaban J connectivity index is 1.88. The zero-order valence-electron chi connectivity index (χ0n) is 21.7. The largest absolute Gasteiger partial charge is 0.494 e. The average Bonchev–Trinajstić information content (AvgIpc) is 2.71. The molecular formula is C17H26N4O3. The van der Waals surface area contributed by atoms with Crippen molar-refractivity contribution in [3.63, 3.8) is 0 Å². The number of likely N-dealkylation sites (N-methyl/N-ethyl adjacent to an activating group) is 1. The van der Waals surface area contributed by atoms with Gasteiger partial charge in [-0.2, -0.15) is 0 Å². The molecule has 0 atom stereocenters. The van der Waals surface area contributed by atoms with E-state index in [0.717, 1.165) is 7.05 Å². The Morgan fingerprint density at radius 3 is 2.50 bits per heavy atom. The van der Waals surface area contributed by atoms with Crippen molar-refractivity contribution < 1.29 is 20.6 Å². The molecule has 7 nitrogen and oxygen atoms in total. The van der Waals surface area contributed by atoms with Gasteiger partial charge in [-0.3, -0.25) is 15.0 Å². The van der Waals surface area contributed by atoms with Gasteiger partial charge in [0.1, 0.15) is 5.75 Å². The number of ether oxygens (including phenoxy) is 1. The summed E-state index contributed by atoms with van der Waals surface area (Å²) < 4.78 is 71.6. The smallest absolute Gasteiger partial charge is 0.273 e. The van der Waals surface area contributed by atoms with Gasteiger partial charge in [0.05, 0.1) is 23.8 Å². The normalized spacial score (nSPS) is 34.3. The Hall–Kier alpha value is -1.86. The van der Waals surface area contributed by atoms with E-state index in [2.05, 4.69) is 0 Å². The lowest BCUT2D eigenvalue weighted by atomic mass is 10.0. The molecule has 0 N–H and O–H groups in total. The van der Waals surface area contributed by atoms with Crippen LogP contribution in [0.15, 0.2) is 18.2 Å². The molecule has 0 radical (unpaired) electrons. The lowest BCUT2D eigenvalue weighted by molar-refractivity contribution is -0.384. The van der Waals surface area contributed by atoms with Crippen molar-refractivity contribution in [2.45, 2.75) is 18.9 Å².